The Labute approximate surface area is 214 Å². The molecule has 0 heterocycles. The minimum atomic E-state index is -0.305. The van der Waals surface area contributed by atoms with E-state index < -0.39 is 0 Å². The van der Waals surface area contributed by atoms with Crippen molar-refractivity contribution < 1.29 is 9.59 Å². The summed E-state index contributed by atoms with van der Waals surface area (Å²) in [6, 6.07) is 10.8. The Morgan fingerprint density at radius 2 is 1.48 bits per heavy atom. The third-order valence-corrected chi connectivity index (χ3v) is 6.92. The Balaban J connectivity index is 1.95. The second kappa shape index (κ2) is 11.5. The molecule has 29 heavy (non-hydrogen) atoms. The topological polar surface area (TPSA) is 82.3 Å². The normalized spacial score (nSPS) is 10.1. The minimum Gasteiger partial charge on any atom is -0.332 e. The number of carbonyl (C=O) groups excluding carboxylic acids is 2. The van der Waals surface area contributed by atoms with Crippen LogP contribution in [0.4, 0.5) is 11.4 Å². The zero-order valence-corrected chi connectivity index (χ0v) is 22.5. The molecule has 0 fully saturated rings. The number of halogens is 3. The van der Waals surface area contributed by atoms with Gasteiger partial charge in [-0.1, -0.05) is 6.92 Å². The van der Waals surface area contributed by atoms with Gasteiger partial charge in [0.2, 0.25) is 5.91 Å². The highest BCUT2D eigenvalue weighted by Gasteiger charge is 2.15. The lowest BCUT2D eigenvalue weighted by molar-refractivity contribution is -0.119. The molecule has 0 aromatic heterocycles. The van der Waals surface area contributed by atoms with Gasteiger partial charge in [0.25, 0.3) is 5.91 Å². The number of benzene rings is 2. The van der Waals surface area contributed by atoms with Crippen molar-refractivity contribution in [1.82, 2.24) is 10.6 Å². The van der Waals surface area contributed by atoms with Crippen LogP contribution in [0.25, 0.3) is 0 Å². The summed E-state index contributed by atoms with van der Waals surface area (Å²) in [6.45, 7) is 1.75. The van der Waals surface area contributed by atoms with Crippen LogP contribution < -0.4 is 21.3 Å². The van der Waals surface area contributed by atoms with Crippen molar-refractivity contribution in [2.24, 2.45) is 0 Å². The molecule has 152 valence electrons. The summed E-state index contributed by atoms with van der Waals surface area (Å²) in [5.41, 5.74) is 1.91. The van der Waals surface area contributed by atoms with Crippen LogP contribution >= 0.6 is 85.5 Å². The number of carbonyl (C=O) groups is 2. The van der Waals surface area contributed by atoms with Crippen molar-refractivity contribution in [3.8, 4) is 0 Å². The van der Waals surface area contributed by atoms with E-state index in [0.717, 1.165) is 11.6 Å². The average Bonchev–Trinajstić information content (AvgIpc) is 2.65. The molecule has 11 heteroatoms. The predicted molar refractivity (Wildman–Crippen MR) is 144 cm³/mol. The number of nitrogens with one attached hydrogen (secondary N) is 4. The lowest BCUT2D eigenvalue weighted by Crippen LogP contribution is -2.34. The predicted octanol–water partition coefficient (Wildman–Crippen LogP) is 5.01. The van der Waals surface area contributed by atoms with E-state index in [2.05, 4.69) is 82.4 Å². The lowest BCUT2D eigenvalue weighted by atomic mass is 10.2. The van der Waals surface area contributed by atoms with Crippen molar-refractivity contribution in [3.63, 3.8) is 0 Å². The molecule has 2 rings (SSSR count). The summed E-state index contributed by atoms with van der Waals surface area (Å²) >= 11 is 18.1. The van der Waals surface area contributed by atoms with Gasteiger partial charge >= 0.3 is 0 Å². The fraction of sp³-hybridized carbons (Fsp3) is 0.111. The smallest absolute Gasteiger partial charge is 0.258 e. The van der Waals surface area contributed by atoms with Crippen LogP contribution in [0.1, 0.15) is 23.7 Å². The van der Waals surface area contributed by atoms with Gasteiger partial charge in [-0.05, 0) is 122 Å². The summed E-state index contributed by atoms with van der Waals surface area (Å²) in [7, 11) is 0. The van der Waals surface area contributed by atoms with Crippen molar-refractivity contribution in [1.29, 1.82) is 0 Å². The monoisotopic (exact) mass is 716 g/mol. The first-order valence-electron chi connectivity index (χ1n) is 8.17. The van der Waals surface area contributed by atoms with Gasteiger partial charge in [0.1, 0.15) is 0 Å². The molecule has 0 bridgehead atoms. The molecule has 0 aliphatic rings. The molecule has 0 unspecified atom stereocenters. The quantitative estimate of drug-likeness (QED) is 0.203. The molecule has 0 spiro atoms. The highest BCUT2D eigenvalue weighted by molar-refractivity contribution is 14.1. The number of hydrogen-bond acceptors (Lipinski definition) is 4. The third-order valence-electron chi connectivity index (χ3n) is 3.44. The summed E-state index contributed by atoms with van der Waals surface area (Å²) in [6.07, 6.45) is 0.353. The van der Waals surface area contributed by atoms with Gasteiger partial charge in [-0.15, -0.1) is 0 Å². The summed E-state index contributed by atoms with van der Waals surface area (Å²) < 4.78 is 2.62. The molecular formula is C18H15BrI2N4O2S2. The molecule has 2 aromatic rings. The van der Waals surface area contributed by atoms with E-state index in [9.17, 15) is 9.59 Å². The number of hydrogen-bond donors (Lipinski definition) is 4. The van der Waals surface area contributed by atoms with Gasteiger partial charge in [-0.25, -0.2) is 0 Å². The first kappa shape index (κ1) is 24.4. The number of anilines is 2. The molecule has 2 aromatic carbocycles. The molecule has 0 saturated carbocycles. The van der Waals surface area contributed by atoms with Crippen molar-refractivity contribution in [2.75, 3.05) is 10.6 Å². The Morgan fingerprint density at radius 1 is 0.966 bits per heavy atom. The summed E-state index contributed by atoms with van der Waals surface area (Å²) in [4.78, 5) is 23.9. The Bertz CT molecular complexity index is 971. The maximum Gasteiger partial charge on any atom is 0.258 e. The van der Waals surface area contributed by atoms with E-state index in [-0.39, 0.29) is 22.0 Å². The van der Waals surface area contributed by atoms with E-state index >= 15 is 0 Å². The molecular weight excluding hydrogens is 702 g/mol. The molecule has 4 N–H and O–H groups in total. The zero-order chi connectivity index (χ0) is 21.6. The maximum absolute atomic E-state index is 12.5. The van der Waals surface area contributed by atoms with Gasteiger partial charge < -0.3 is 16.0 Å². The van der Waals surface area contributed by atoms with Gasteiger partial charge in [0.05, 0.1) is 5.56 Å². The second-order valence-corrected chi connectivity index (χ2v) is 9.61. The van der Waals surface area contributed by atoms with Crippen molar-refractivity contribution in [2.45, 2.75) is 13.3 Å². The third kappa shape index (κ3) is 7.70. The van der Waals surface area contributed by atoms with Crippen LogP contribution in [0.15, 0.2) is 40.9 Å². The van der Waals surface area contributed by atoms with Crippen LogP contribution in [0.5, 0.6) is 0 Å². The van der Waals surface area contributed by atoms with Crippen molar-refractivity contribution >= 4 is 119 Å². The van der Waals surface area contributed by atoms with Crippen LogP contribution in [-0.4, -0.2) is 22.0 Å². The molecule has 0 aliphatic heterocycles. The highest BCUT2D eigenvalue weighted by atomic mass is 127. The van der Waals surface area contributed by atoms with Gasteiger partial charge in [0.15, 0.2) is 10.2 Å². The first-order valence-corrected chi connectivity index (χ1v) is 11.9. The molecule has 0 aliphatic carbocycles. The molecule has 0 radical (unpaired) electrons. The van der Waals surface area contributed by atoms with Crippen LogP contribution in [0.3, 0.4) is 0 Å². The molecule has 6 nitrogen and oxygen atoms in total. The average molecular weight is 717 g/mol. The second-order valence-electron chi connectivity index (χ2n) is 5.59. The molecule has 0 saturated heterocycles. The van der Waals surface area contributed by atoms with Crippen LogP contribution in [-0.2, 0) is 4.79 Å². The largest absolute Gasteiger partial charge is 0.332 e. The van der Waals surface area contributed by atoms with E-state index in [4.69, 9.17) is 24.4 Å². The van der Waals surface area contributed by atoms with E-state index in [0.29, 0.717) is 23.4 Å². The number of rotatable bonds is 4. The van der Waals surface area contributed by atoms with E-state index in [1.807, 2.05) is 6.07 Å². The number of amides is 2. The highest BCUT2D eigenvalue weighted by Crippen LogP contribution is 2.26. The Hall–Kier alpha value is -0.900. The Kier molecular flexibility index (Phi) is 9.65. The van der Waals surface area contributed by atoms with Crippen LogP contribution in [0.2, 0.25) is 0 Å². The fourth-order valence-corrected chi connectivity index (χ4v) is 4.76. The van der Waals surface area contributed by atoms with E-state index in [1.54, 1.807) is 37.3 Å². The Morgan fingerprint density at radius 3 is 2.00 bits per heavy atom. The standard InChI is InChI=1S/C18H15BrI2N4O2S2/c1-2-14(26)24-17(28)22-10-3-5-11(6-4-10)23-18(29)25-16(27)12-7-9(20)8-13(21)15(12)19/h3-8H,2H2,1H3,(H2,22,24,26,28)(H2,23,25,27,29). The first-order chi connectivity index (χ1) is 13.7. The SMILES string of the molecule is CCC(=O)NC(=S)Nc1ccc(NC(=S)NC(=O)c2cc(I)cc(I)c2Br)cc1. The lowest BCUT2D eigenvalue weighted by Gasteiger charge is -2.13. The van der Waals surface area contributed by atoms with Crippen molar-refractivity contribution in [3.05, 3.63) is 53.6 Å². The van der Waals surface area contributed by atoms with Gasteiger partial charge in [0, 0.05) is 29.4 Å². The number of thiocarbonyl (C=S) groups is 2. The minimum absolute atomic E-state index is 0.156. The van der Waals surface area contributed by atoms with Gasteiger partial charge in [-0.2, -0.15) is 0 Å². The zero-order valence-electron chi connectivity index (χ0n) is 14.9. The van der Waals surface area contributed by atoms with Crippen LogP contribution in [0, 0.1) is 7.14 Å². The molecule has 0 atom stereocenters. The fourth-order valence-electron chi connectivity index (χ4n) is 2.07. The van der Waals surface area contributed by atoms with Gasteiger partial charge in [-0.3, -0.25) is 14.9 Å². The van der Waals surface area contributed by atoms with E-state index in [1.165, 1.54) is 0 Å². The summed E-state index contributed by atoms with van der Waals surface area (Å²) in [5, 5.41) is 11.5. The molecule has 2 amide bonds. The summed E-state index contributed by atoms with van der Waals surface area (Å²) in [5.74, 6) is -0.461. The maximum atomic E-state index is 12.5.